The highest BCUT2D eigenvalue weighted by atomic mass is 16.2. The lowest BCUT2D eigenvalue weighted by molar-refractivity contribution is -0.131. The van der Waals surface area contributed by atoms with E-state index >= 15 is 0 Å². The third-order valence-electron chi connectivity index (χ3n) is 5.38. The van der Waals surface area contributed by atoms with E-state index in [2.05, 4.69) is 61.8 Å². The molecule has 0 saturated carbocycles. The lowest BCUT2D eigenvalue weighted by atomic mass is 10.1. The lowest BCUT2D eigenvalue weighted by Gasteiger charge is -2.32. The summed E-state index contributed by atoms with van der Waals surface area (Å²) in [6.45, 7) is 7.76. The highest BCUT2D eigenvalue weighted by Gasteiger charge is 2.38. The minimum atomic E-state index is -0.157. The molecule has 0 aliphatic carbocycles. The van der Waals surface area contributed by atoms with Crippen LogP contribution in [0.2, 0.25) is 0 Å². The van der Waals surface area contributed by atoms with Crippen LogP contribution in [0.3, 0.4) is 0 Å². The molecule has 1 aliphatic rings. The fourth-order valence-electron chi connectivity index (χ4n) is 3.98. The van der Waals surface area contributed by atoms with Gasteiger partial charge in [0.15, 0.2) is 0 Å². The average Bonchev–Trinajstić information content (AvgIpc) is 3.23. The Morgan fingerprint density at radius 3 is 2.50 bits per heavy atom. The van der Waals surface area contributed by atoms with E-state index in [0.717, 1.165) is 29.9 Å². The first-order chi connectivity index (χ1) is 13.4. The van der Waals surface area contributed by atoms with E-state index in [9.17, 15) is 4.79 Å². The molecule has 3 aromatic rings. The number of nitrogens with zero attached hydrogens (tertiary/aromatic N) is 3. The van der Waals surface area contributed by atoms with Crippen molar-refractivity contribution in [1.82, 2.24) is 14.5 Å². The van der Waals surface area contributed by atoms with Crippen LogP contribution in [0.25, 0.3) is 17.1 Å². The van der Waals surface area contributed by atoms with Gasteiger partial charge in [-0.1, -0.05) is 54.6 Å². The topological polar surface area (TPSA) is 38.1 Å². The fourth-order valence-corrected chi connectivity index (χ4v) is 3.98. The molecule has 2 aromatic carbocycles. The van der Waals surface area contributed by atoms with Crippen molar-refractivity contribution in [3.63, 3.8) is 0 Å². The van der Waals surface area contributed by atoms with Crippen LogP contribution in [-0.4, -0.2) is 32.4 Å². The van der Waals surface area contributed by atoms with E-state index in [0.29, 0.717) is 6.42 Å². The number of amides is 1. The van der Waals surface area contributed by atoms with Gasteiger partial charge in [0.1, 0.15) is 5.82 Å². The van der Waals surface area contributed by atoms with E-state index < -0.39 is 0 Å². The van der Waals surface area contributed by atoms with Crippen LogP contribution in [-0.2, 0) is 11.3 Å². The van der Waals surface area contributed by atoms with Crippen molar-refractivity contribution in [3.8, 4) is 0 Å². The Morgan fingerprint density at radius 2 is 1.79 bits per heavy atom. The number of carbonyl (C=O) groups excluding carboxylic acids is 1. The molecule has 0 unspecified atom stereocenters. The monoisotopic (exact) mass is 373 g/mol. The van der Waals surface area contributed by atoms with Gasteiger partial charge in [0, 0.05) is 31.0 Å². The molecule has 28 heavy (non-hydrogen) atoms. The first kappa shape index (κ1) is 18.5. The molecule has 0 spiro atoms. The van der Waals surface area contributed by atoms with Gasteiger partial charge < -0.3 is 9.47 Å². The Kier molecular flexibility index (Phi) is 4.80. The standard InChI is InChI=1S/C24H27N3O/c1-24(2,3)27-17-19(16-22(27)28)23-25-20-13-7-8-14-21(20)26(23)15-9-12-18-10-5-4-6-11-18/h4-14,19H,15-17H2,1-3H3/b12-9-/t19-/m0/s1. The molecule has 4 heteroatoms. The molecule has 1 amide bonds. The molecular weight excluding hydrogens is 346 g/mol. The number of hydrogen-bond acceptors (Lipinski definition) is 2. The van der Waals surface area contributed by atoms with Gasteiger partial charge in [-0.15, -0.1) is 0 Å². The van der Waals surface area contributed by atoms with Gasteiger partial charge in [-0.2, -0.15) is 0 Å². The molecule has 1 aromatic heterocycles. The normalized spacial score (nSPS) is 17.9. The Morgan fingerprint density at radius 1 is 1.07 bits per heavy atom. The minimum absolute atomic E-state index is 0.129. The zero-order valence-electron chi connectivity index (χ0n) is 16.8. The zero-order chi connectivity index (χ0) is 19.7. The van der Waals surface area contributed by atoms with Crippen molar-refractivity contribution in [2.24, 2.45) is 0 Å². The number of imidazole rings is 1. The number of aromatic nitrogens is 2. The van der Waals surface area contributed by atoms with Gasteiger partial charge in [-0.05, 0) is 38.5 Å². The molecule has 144 valence electrons. The molecule has 4 rings (SSSR count). The number of para-hydroxylation sites is 2. The summed E-state index contributed by atoms with van der Waals surface area (Å²) in [5.41, 5.74) is 3.14. The average molecular weight is 374 g/mol. The summed E-state index contributed by atoms with van der Waals surface area (Å²) in [6, 6.07) is 18.5. The van der Waals surface area contributed by atoms with Crippen molar-refractivity contribution >= 4 is 23.0 Å². The largest absolute Gasteiger partial charge is 0.337 e. The van der Waals surface area contributed by atoms with E-state index in [1.807, 2.05) is 35.2 Å². The summed E-state index contributed by atoms with van der Waals surface area (Å²) in [5, 5.41) is 0. The van der Waals surface area contributed by atoms with Crippen LogP contribution in [0, 0.1) is 0 Å². The predicted molar refractivity (Wildman–Crippen MR) is 114 cm³/mol. The van der Waals surface area contributed by atoms with E-state index in [4.69, 9.17) is 4.98 Å². The van der Waals surface area contributed by atoms with E-state index in [1.165, 1.54) is 5.56 Å². The Balaban J connectivity index is 1.66. The van der Waals surface area contributed by atoms with Crippen LogP contribution in [0.15, 0.2) is 60.7 Å². The zero-order valence-corrected chi connectivity index (χ0v) is 16.8. The smallest absolute Gasteiger partial charge is 0.223 e. The van der Waals surface area contributed by atoms with Crippen molar-refractivity contribution in [3.05, 3.63) is 72.1 Å². The number of likely N-dealkylation sites (tertiary alicyclic amines) is 1. The fraction of sp³-hybridized carbons (Fsp3) is 0.333. The van der Waals surface area contributed by atoms with Crippen LogP contribution in [0.5, 0.6) is 0 Å². The second kappa shape index (κ2) is 7.27. The first-order valence-corrected chi connectivity index (χ1v) is 9.91. The van der Waals surface area contributed by atoms with Crippen LogP contribution >= 0.6 is 0 Å². The summed E-state index contributed by atoms with van der Waals surface area (Å²) in [4.78, 5) is 19.5. The second-order valence-corrected chi connectivity index (χ2v) is 8.46. The predicted octanol–water partition coefficient (Wildman–Crippen LogP) is 4.86. The van der Waals surface area contributed by atoms with E-state index in [1.54, 1.807) is 0 Å². The summed E-state index contributed by atoms with van der Waals surface area (Å²) in [5.74, 6) is 1.36. The summed E-state index contributed by atoms with van der Waals surface area (Å²) in [6.07, 6.45) is 4.84. The van der Waals surface area contributed by atoms with E-state index in [-0.39, 0.29) is 17.4 Å². The van der Waals surface area contributed by atoms with Gasteiger partial charge in [-0.25, -0.2) is 4.98 Å². The van der Waals surface area contributed by atoms with Gasteiger partial charge in [0.2, 0.25) is 5.91 Å². The minimum Gasteiger partial charge on any atom is -0.337 e. The Bertz CT molecular complexity index is 1010. The summed E-state index contributed by atoms with van der Waals surface area (Å²) >= 11 is 0. The number of allylic oxidation sites excluding steroid dienone is 1. The maximum Gasteiger partial charge on any atom is 0.223 e. The number of carbonyl (C=O) groups is 1. The molecule has 1 fully saturated rings. The Hall–Kier alpha value is -2.88. The SMILES string of the molecule is CC(C)(C)N1C[C@@H](c2nc3ccccc3n2C/C=C\c2ccccc2)CC1=O. The van der Waals surface area contributed by atoms with Crippen molar-refractivity contribution in [1.29, 1.82) is 0 Å². The highest BCUT2D eigenvalue weighted by molar-refractivity contribution is 5.81. The molecule has 1 saturated heterocycles. The maximum absolute atomic E-state index is 12.6. The number of benzene rings is 2. The second-order valence-electron chi connectivity index (χ2n) is 8.46. The van der Waals surface area contributed by atoms with Gasteiger partial charge in [0.25, 0.3) is 0 Å². The molecule has 0 radical (unpaired) electrons. The van der Waals surface area contributed by atoms with Gasteiger partial charge in [0.05, 0.1) is 11.0 Å². The van der Waals surface area contributed by atoms with Crippen LogP contribution in [0.1, 0.15) is 44.5 Å². The third kappa shape index (κ3) is 3.59. The van der Waals surface area contributed by atoms with Gasteiger partial charge in [-0.3, -0.25) is 4.79 Å². The first-order valence-electron chi connectivity index (χ1n) is 9.91. The number of rotatable bonds is 4. The lowest BCUT2D eigenvalue weighted by Crippen LogP contribution is -2.42. The Labute approximate surface area is 166 Å². The molecule has 0 N–H and O–H groups in total. The summed E-state index contributed by atoms with van der Waals surface area (Å²) < 4.78 is 2.26. The van der Waals surface area contributed by atoms with Crippen LogP contribution < -0.4 is 0 Å². The molecule has 2 heterocycles. The number of hydrogen-bond donors (Lipinski definition) is 0. The quantitative estimate of drug-likeness (QED) is 0.655. The van der Waals surface area contributed by atoms with Crippen molar-refractivity contribution < 1.29 is 4.79 Å². The summed E-state index contributed by atoms with van der Waals surface area (Å²) in [7, 11) is 0. The maximum atomic E-state index is 12.6. The van der Waals surface area contributed by atoms with Crippen molar-refractivity contribution in [2.75, 3.05) is 6.54 Å². The highest BCUT2D eigenvalue weighted by Crippen LogP contribution is 2.33. The number of fused-ring (bicyclic) bond motifs is 1. The molecule has 1 atom stereocenters. The molecule has 0 bridgehead atoms. The molecule has 1 aliphatic heterocycles. The molecular formula is C24H27N3O. The van der Waals surface area contributed by atoms with Gasteiger partial charge >= 0.3 is 0 Å². The van der Waals surface area contributed by atoms with Crippen LogP contribution in [0.4, 0.5) is 0 Å². The third-order valence-corrected chi connectivity index (χ3v) is 5.38. The molecule has 4 nitrogen and oxygen atoms in total. The van der Waals surface area contributed by atoms with Crippen molar-refractivity contribution in [2.45, 2.75) is 45.2 Å².